The van der Waals surface area contributed by atoms with Crippen molar-refractivity contribution in [3.8, 4) is 0 Å². The number of nitrogens with two attached hydrogens (primary N) is 1. The fraction of sp³-hybridized carbons (Fsp3) is 0.571. The quantitative estimate of drug-likeness (QED) is 0.780. The third-order valence-corrected chi connectivity index (χ3v) is 4.12. The Morgan fingerprint density at radius 1 is 0.938 bits per heavy atom. The Balaban J connectivity index is 1.67. The summed E-state index contributed by atoms with van der Waals surface area (Å²) in [7, 11) is 0. The molecular formula is C14H20N2. The molecule has 1 heterocycles. The zero-order valence-corrected chi connectivity index (χ0v) is 9.73. The molecule has 2 N–H and O–H groups in total. The van der Waals surface area contributed by atoms with Crippen LogP contribution in [0.2, 0.25) is 0 Å². The number of hydrogen-bond acceptors (Lipinski definition) is 2. The van der Waals surface area contributed by atoms with Gasteiger partial charge in [-0.1, -0.05) is 24.3 Å². The van der Waals surface area contributed by atoms with Crippen molar-refractivity contribution in [1.82, 2.24) is 4.90 Å². The van der Waals surface area contributed by atoms with Gasteiger partial charge >= 0.3 is 0 Å². The summed E-state index contributed by atoms with van der Waals surface area (Å²) in [4.78, 5) is 2.64. The lowest BCUT2D eigenvalue weighted by atomic mass is 9.91. The van der Waals surface area contributed by atoms with Gasteiger partial charge < -0.3 is 5.73 Å². The van der Waals surface area contributed by atoms with E-state index in [-0.39, 0.29) is 0 Å². The monoisotopic (exact) mass is 216 g/mol. The van der Waals surface area contributed by atoms with Gasteiger partial charge in [-0.2, -0.15) is 0 Å². The highest BCUT2D eigenvalue weighted by Gasteiger charge is 2.28. The van der Waals surface area contributed by atoms with Crippen LogP contribution in [-0.4, -0.2) is 17.0 Å². The van der Waals surface area contributed by atoms with Crippen molar-refractivity contribution in [2.45, 2.75) is 50.9 Å². The summed E-state index contributed by atoms with van der Waals surface area (Å²) >= 11 is 0. The van der Waals surface area contributed by atoms with E-state index in [1.54, 1.807) is 0 Å². The second-order valence-electron chi connectivity index (χ2n) is 5.24. The minimum Gasteiger partial charge on any atom is -0.328 e. The van der Waals surface area contributed by atoms with Crippen molar-refractivity contribution in [3.05, 3.63) is 35.4 Å². The summed E-state index contributed by atoms with van der Waals surface area (Å²) in [6, 6.07) is 10.1. The molecule has 0 amide bonds. The Morgan fingerprint density at radius 3 is 2.06 bits per heavy atom. The molecule has 2 nitrogen and oxygen atoms in total. The number of fused-ring (bicyclic) bond motifs is 1. The van der Waals surface area contributed by atoms with E-state index in [4.69, 9.17) is 5.73 Å². The first kappa shape index (κ1) is 10.3. The van der Waals surface area contributed by atoms with Gasteiger partial charge in [-0.15, -0.1) is 0 Å². The van der Waals surface area contributed by atoms with E-state index in [1.807, 2.05) is 0 Å². The number of rotatable bonds is 1. The second kappa shape index (κ2) is 4.19. The van der Waals surface area contributed by atoms with Crippen molar-refractivity contribution in [3.63, 3.8) is 0 Å². The van der Waals surface area contributed by atoms with E-state index in [9.17, 15) is 0 Å². The number of hydrogen-bond donors (Lipinski definition) is 1. The van der Waals surface area contributed by atoms with E-state index in [2.05, 4.69) is 29.2 Å². The van der Waals surface area contributed by atoms with Crippen LogP contribution in [0.25, 0.3) is 0 Å². The minimum absolute atomic E-state index is 0.459. The molecule has 16 heavy (non-hydrogen) atoms. The molecule has 1 aromatic rings. The first-order valence-corrected chi connectivity index (χ1v) is 6.39. The second-order valence-corrected chi connectivity index (χ2v) is 5.24. The first-order chi connectivity index (χ1) is 7.83. The van der Waals surface area contributed by atoms with Crippen molar-refractivity contribution < 1.29 is 0 Å². The summed E-state index contributed by atoms with van der Waals surface area (Å²) in [5.74, 6) is 0. The zero-order chi connectivity index (χ0) is 11.0. The Hall–Kier alpha value is -0.860. The van der Waals surface area contributed by atoms with Gasteiger partial charge in [0.1, 0.15) is 0 Å². The predicted octanol–water partition coefficient (Wildman–Crippen LogP) is 2.27. The molecule has 1 aliphatic carbocycles. The van der Waals surface area contributed by atoms with Crippen molar-refractivity contribution in [1.29, 1.82) is 0 Å². The van der Waals surface area contributed by atoms with Gasteiger partial charge in [-0.05, 0) is 36.8 Å². The van der Waals surface area contributed by atoms with Crippen LogP contribution in [0.15, 0.2) is 24.3 Å². The average Bonchev–Trinajstić information content (AvgIpc) is 2.73. The lowest BCUT2D eigenvalue weighted by Gasteiger charge is -2.33. The molecule has 2 heteroatoms. The van der Waals surface area contributed by atoms with Crippen LogP contribution in [-0.2, 0) is 13.1 Å². The highest BCUT2D eigenvalue weighted by atomic mass is 15.2. The molecule has 0 bridgehead atoms. The van der Waals surface area contributed by atoms with Crippen LogP contribution in [0.5, 0.6) is 0 Å². The molecule has 0 atom stereocenters. The molecule has 0 saturated heterocycles. The maximum atomic E-state index is 5.96. The molecule has 1 saturated carbocycles. The van der Waals surface area contributed by atoms with Crippen LogP contribution >= 0.6 is 0 Å². The maximum absolute atomic E-state index is 5.96. The lowest BCUT2D eigenvalue weighted by molar-refractivity contribution is 0.150. The molecule has 0 unspecified atom stereocenters. The average molecular weight is 216 g/mol. The van der Waals surface area contributed by atoms with E-state index in [0.717, 1.165) is 19.1 Å². The largest absolute Gasteiger partial charge is 0.328 e. The highest BCUT2D eigenvalue weighted by Crippen LogP contribution is 2.30. The molecule has 3 rings (SSSR count). The molecule has 2 aliphatic rings. The van der Waals surface area contributed by atoms with Gasteiger partial charge in [0, 0.05) is 25.2 Å². The predicted molar refractivity (Wildman–Crippen MR) is 65.9 cm³/mol. The molecule has 0 radical (unpaired) electrons. The highest BCUT2D eigenvalue weighted by molar-refractivity contribution is 5.30. The van der Waals surface area contributed by atoms with Crippen molar-refractivity contribution in [2.75, 3.05) is 0 Å². The molecule has 1 aromatic carbocycles. The molecule has 86 valence electrons. The lowest BCUT2D eigenvalue weighted by Crippen LogP contribution is -2.38. The standard InChI is InChI=1S/C14H20N2/c15-13-5-7-14(8-6-13)16-9-11-3-1-2-4-12(11)10-16/h1-4,13-14H,5-10,15H2. The third kappa shape index (κ3) is 1.87. The van der Waals surface area contributed by atoms with Crippen molar-refractivity contribution in [2.24, 2.45) is 5.73 Å². The van der Waals surface area contributed by atoms with E-state index < -0.39 is 0 Å². The fourth-order valence-electron chi connectivity index (χ4n) is 3.08. The van der Waals surface area contributed by atoms with E-state index in [0.29, 0.717) is 6.04 Å². The summed E-state index contributed by atoms with van der Waals surface area (Å²) < 4.78 is 0. The fourth-order valence-corrected chi connectivity index (χ4v) is 3.08. The Labute approximate surface area is 97.4 Å². The Morgan fingerprint density at radius 2 is 1.50 bits per heavy atom. The van der Waals surface area contributed by atoms with Crippen LogP contribution in [0, 0.1) is 0 Å². The SMILES string of the molecule is NC1CCC(N2Cc3ccccc3C2)CC1. The van der Waals surface area contributed by atoms with Gasteiger partial charge in [0.05, 0.1) is 0 Å². The Kier molecular flexibility index (Phi) is 2.70. The van der Waals surface area contributed by atoms with Gasteiger partial charge in [-0.25, -0.2) is 0 Å². The molecule has 0 aromatic heterocycles. The molecular weight excluding hydrogens is 196 g/mol. The normalized spacial score (nSPS) is 30.3. The number of benzene rings is 1. The summed E-state index contributed by atoms with van der Waals surface area (Å²) in [6.07, 6.45) is 4.99. The molecule has 1 fully saturated rings. The van der Waals surface area contributed by atoms with E-state index in [1.165, 1.54) is 36.8 Å². The van der Waals surface area contributed by atoms with Crippen molar-refractivity contribution >= 4 is 0 Å². The van der Waals surface area contributed by atoms with Gasteiger partial charge in [0.15, 0.2) is 0 Å². The molecule has 1 aliphatic heterocycles. The van der Waals surface area contributed by atoms with Crippen LogP contribution in [0.3, 0.4) is 0 Å². The molecule has 0 spiro atoms. The minimum atomic E-state index is 0.459. The summed E-state index contributed by atoms with van der Waals surface area (Å²) in [5.41, 5.74) is 9.01. The Bertz CT molecular complexity index is 342. The smallest absolute Gasteiger partial charge is 0.0243 e. The summed E-state index contributed by atoms with van der Waals surface area (Å²) in [5, 5.41) is 0. The van der Waals surface area contributed by atoms with Crippen LogP contribution < -0.4 is 5.73 Å². The topological polar surface area (TPSA) is 29.3 Å². The van der Waals surface area contributed by atoms with Gasteiger partial charge in [0.2, 0.25) is 0 Å². The first-order valence-electron chi connectivity index (χ1n) is 6.39. The maximum Gasteiger partial charge on any atom is 0.0243 e. The van der Waals surface area contributed by atoms with Crippen LogP contribution in [0.4, 0.5) is 0 Å². The number of nitrogens with zero attached hydrogens (tertiary/aromatic N) is 1. The summed E-state index contributed by atoms with van der Waals surface area (Å²) in [6.45, 7) is 2.30. The van der Waals surface area contributed by atoms with Crippen LogP contribution in [0.1, 0.15) is 36.8 Å². The van der Waals surface area contributed by atoms with E-state index >= 15 is 0 Å². The zero-order valence-electron chi connectivity index (χ0n) is 9.73. The third-order valence-electron chi connectivity index (χ3n) is 4.12. The van der Waals surface area contributed by atoms with Gasteiger partial charge in [-0.3, -0.25) is 4.90 Å². The van der Waals surface area contributed by atoms with Gasteiger partial charge in [0.25, 0.3) is 0 Å².